The minimum atomic E-state index is 0.521. The highest BCUT2D eigenvalue weighted by molar-refractivity contribution is 7.98. The Morgan fingerprint density at radius 3 is 3.08 bits per heavy atom. The summed E-state index contributed by atoms with van der Waals surface area (Å²) >= 11 is 3.26. The molecule has 68 valence electrons. The van der Waals surface area contributed by atoms with Crippen molar-refractivity contribution in [3.63, 3.8) is 0 Å². The Labute approximate surface area is 81.1 Å². The highest BCUT2D eigenvalue weighted by atomic mass is 32.2. The van der Waals surface area contributed by atoms with Gasteiger partial charge < -0.3 is 5.32 Å². The monoisotopic (exact) mass is 203 g/mol. The Morgan fingerprint density at radius 2 is 2.58 bits per heavy atom. The summed E-state index contributed by atoms with van der Waals surface area (Å²) in [5.41, 5.74) is 0. The normalized spacial score (nSPS) is 12.8. The van der Waals surface area contributed by atoms with Crippen molar-refractivity contribution in [3.8, 4) is 0 Å². The molecule has 0 radical (unpaired) electrons. The number of hydrogen-bond donors (Lipinski definition) is 1. The Kier molecular flexibility index (Phi) is 4.39. The maximum absolute atomic E-state index is 4.07. The average molecular weight is 203 g/mol. The molecule has 0 aliphatic rings. The molecule has 0 aromatic carbocycles. The maximum atomic E-state index is 4.07. The van der Waals surface area contributed by atoms with Crippen LogP contribution in [0.3, 0.4) is 0 Å². The van der Waals surface area contributed by atoms with Crippen LogP contribution in [-0.2, 0) is 0 Å². The second-order valence-electron chi connectivity index (χ2n) is 2.45. The molecule has 1 aromatic rings. The SMILES string of the molecule is CCC(CSC)Nc1ncns1. The fraction of sp³-hybridized carbons (Fsp3) is 0.714. The summed E-state index contributed by atoms with van der Waals surface area (Å²) in [5, 5.41) is 4.26. The van der Waals surface area contributed by atoms with Gasteiger partial charge in [0.05, 0.1) is 0 Å². The summed E-state index contributed by atoms with van der Waals surface area (Å²) in [4.78, 5) is 4.07. The molecule has 1 aromatic heterocycles. The van der Waals surface area contributed by atoms with Crippen molar-refractivity contribution >= 4 is 28.4 Å². The van der Waals surface area contributed by atoms with Gasteiger partial charge in [0.15, 0.2) is 0 Å². The van der Waals surface area contributed by atoms with Crippen LogP contribution in [0.5, 0.6) is 0 Å². The van der Waals surface area contributed by atoms with Crippen LogP contribution in [0.2, 0.25) is 0 Å². The molecule has 1 rings (SSSR count). The van der Waals surface area contributed by atoms with Crippen molar-refractivity contribution in [1.29, 1.82) is 0 Å². The van der Waals surface area contributed by atoms with E-state index in [1.807, 2.05) is 11.8 Å². The van der Waals surface area contributed by atoms with Crippen molar-refractivity contribution in [2.24, 2.45) is 0 Å². The van der Waals surface area contributed by atoms with E-state index in [-0.39, 0.29) is 0 Å². The molecule has 0 fully saturated rings. The molecular formula is C7H13N3S2. The van der Waals surface area contributed by atoms with Crippen LogP contribution in [0, 0.1) is 0 Å². The summed E-state index contributed by atoms with van der Waals surface area (Å²) < 4.78 is 3.93. The van der Waals surface area contributed by atoms with E-state index < -0.39 is 0 Å². The molecular weight excluding hydrogens is 190 g/mol. The van der Waals surface area contributed by atoms with E-state index in [0.717, 1.165) is 17.3 Å². The Bertz CT molecular complexity index is 200. The summed E-state index contributed by atoms with van der Waals surface area (Å²) in [6, 6.07) is 0.521. The van der Waals surface area contributed by atoms with Gasteiger partial charge in [-0.2, -0.15) is 16.1 Å². The van der Waals surface area contributed by atoms with Gasteiger partial charge in [-0.25, -0.2) is 4.98 Å². The first-order valence-corrected chi connectivity index (χ1v) is 6.05. The minimum absolute atomic E-state index is 0.521. The first-order valence-electron chi connectivity index (χ1n) is 3.89. The van der Waals surface area contributed by atoms with Crippen LogP contribution in [-0.4, -0.2) is 27.4 Å². The third-order valence-corrected chi connectivity index (χ3v) is 2.88. The molecule has 0 aliphatic carbocycles. The fourth-order valence-electron chi connectivity index (χ4n) is 0.874. The Balaban J connectivity index is 2.37. The smallest absolute Gasteiger partial charge is 0.202 e. The van der Waals surface area contributed by atoms with Gasteiger partial charge >= 0.3 is 0 Å². The standard InChI is InChI=1S/C7H13N3S2/c1-3-6(4-11-2)10-7-8-5-9-12-7/h5-6H,3-4H2,1-2H3,(H,8,9,10). The summed E-state index contributed by atoms with van der Waals surface area (Å²) in [5.74, 6) is 1.12. The Hall–Kier alpha value is -0.290. The number of hydrogen-bond acceptors (Lipinski definition) is 5. The van der Waals surface area contributed by atoms with Crippen molar-refractivity contribution in [3.05, 3.63) is 6.33 Å². The van der Waals surface area contributed by atoms with Crippen LogP contribution in [0.4, 0.5) is 5.13 Å². The van der Waals surface area contributed by atoms with Crippen LogP contribution >= 0.6 is 23.3 Å². The predicted molar refractivity (Wildman–Crippen MR) is 56.0 cm³/mol. The molecule has 3 nitrogen and oxygen atoms in total. The lowest BCUT2D eigenvalue weighted by atomic mass is 10.3. The highest BCUT2D eigenvalue weighted by Gasteiger charge is 2.05. The van der Waals surface area contributed by atoms with Gasteiger partial charge in [0.1, 0.15) is 6.33 Å². The first-order chi connectivity index (χ1) is 5.86. The number of rotatable bonds is 5. The Morgan fingerprint density at radius 1 is 1.75 bits per heavy atom. The second kappa shape index (κ2) is 5.37. The summed E-state index contributed by atoms with van der Waals surface area (Å²) in [6.07, 6.45) is 4.82. The quantitative estimate of drug-likeness (QED) is 0.795. The van der Waals surface area contributed by atoms with Crippen LogP contribution in [0.25, 0.3) is 0 Å². The van der Waals surface area contributed by atoms with Crippen molar-refractivity contribution in [1.82, 2.24) is 9.36 Å². The third-order valence-electron chi connectivity index (χ3n) is 1.55. The fourth-order valence-corrected chi connectivity index (χ4v) is 2.10. The molecule has 0 aliphatic heterocycles. The minimum Gasteiger partial charge on any atom is -0.357 e. The van der Waals surface area contributed by atoms with Crippen molar-refractivity contribution < 1.29 is 0 Å². The van der Waals surface area contributed by atoms with E-state index in [9.17, 15) is 0 Å². The number of nitrogens with zero attached hydrogens (tertiary/aromatic N) is 2. The molecule has 12 heavy (non-hydrogen) atoms. The topological polar surface area (TPSA) is 37.8 Å². The largest absolute Gasteiger partial charge is 0.357 e. The zero-order valence-electron chi connectivity index (χ0n) is 7.28. The molecule has 0 bridgehead atoms. The van der Waals surface area contributed by atoms with E-state index in [1.165, 1.54) is 11.5 Å². The van der Waals surface area contributed by atoms with Gasteiger partial charge in [-0.05, 0) is 12.7 Å². The molecule has 1 unspecified atom stereocenters. The van der Waals surface area contributed by atoms with Crippen molar-refractivity contribution in [2.75, 3.05) is 17.3 Å². The van der Waals surface area contributed by atoms with Gasteiger partial charge in [-0.3, -0.25) is 0 Å². The molecule has 0 saturated carbocycles. The van der Waals surface area contributed by atoms with Gasteiger partial charge in [-0.15, -0.1) is 0 Å². The van der Waals surface area contributed by atoms with Crippen molar-refractivity contribution in [2.45, 2.75) is 19.4 Å². The highest BCUT2D eigenvalue weighted by Crippen LogP contribution is 2.12. The van der Waals surface area contributed by atoms with E-state index in [4.69, 9.17) is 0 Å². The van der Waals surface area contributed by atoms with Crippen LogP contribution in [0.1, 0.15) is 13.3 Å². The number of anilines is 1. The molecule has 0 spiro atoms. The van der Waals surface area contributed by atoms with E-state index in [2.05, 4.69) is 27.9 Å². The summed E-state index contributed by atoms with van der Waals surface area (Å²) in [6.45, 7) is 2.18. The number of thioether (sulfide) groups is 1. The van der Waals surface area contributed by atoms with E-state index >= 15 is 0 Å². The van der Waals surface area contributed by atoms with Crippen LogP contribution in [0.15, 0.2) is 6.33 Å². The predicted octanol–water partition coefficient (Wildman–Crippen LogP) is 2.09. The van der Waals surface area contributed by atoms with Gasteiger partial charge in [0.25, 0.3) is 0 Å². The maximum Gasteiger partial charge on any atom is 0.202 e. The van der Waals surface area contributed by atoms with Gasteiger partial charge in [0, 0.05) is 23.3 Å². The molecule has 1 heterocycles. The molecule has 0 saturated heterocycles. The molecule has 1 atom stereocenters. The third kappa shape index (κ3) is 2.98. The number of nitrogens with one attached hydrogen (secondary N) is 1. The lowest BCUT2D eigenvalue weighted by Crippen LogP contribution is -2.20. The van der Waals surface area contributed by atoms with Gasteiger partial charge in [-0.1, -0.05) is 6.92 Å². The molecule has 0 amide bonds. The molecule has 5 heteroatoms. The molecule has 1 N–H and O–H groups in total. The van der Waals surface area contributed by atoms with Crippen LogP contribution < -0.4 is 5.32 Å². The lowest BCUT2D eigenvalue weighted by molar-refractivity contribution is 0.773. The van der Waals surface area contributed by atoms with E-state index in [1.54, 1.807) is 6.33 Å². The van der Waals surface area contributed by atoms with Gasteiger partial charge in [0.2, 0.25) is 5.13 Å². The first kappa shape index (κ1) is 9.80. The number of aromatic nitrogens is 2. The zero-order chi connectivity index (χ0) is 8.81. The zero-order valence-corrected chi connectivity index (χ0v) is 8.91. The second-order valence-corrected chi connectivity index (χ2v) is 4.14. The lowest BCUT2D eigenvalue weighted by Gasteiger charge is -2.13. The van der Waals surface area contributed by atoms with E-state index in [0.29, 0.717) is 6.04 Å². The summed E-state index contributed by atoms with van der Waals surface area (Å²) in [7, 11) is 0. The average Bonchev–Trinajstić information content (AvgIpc) is 2.56.